The van der Waals surface area contributed by atoms with Crippen LogP contribution in [0.5, 0.6) is 17.2 Å². The number of unbranched alkanes of at least 4 members (excludes halogenated alkanes) is 2. The molecule has 0 amide bonds. The average molecular weight is 777 g/mol. The van der Waals surface area contributed by atoms with E-state index in [0.717, 1.165) is 30.4 Å². The van der Waals surface area contributed by atoms with E-state index in [1.54, 1.807) is 25.1 Å². The van der Waals surface area contributed by atoms with Gasteiger partial charge in [-0.25, -0.2) is 4.79 Å². The molecule has 5 N–H and O–H groups in total. The van der Waals surface area contributed by atoms with E-state index in [9.17, 15) is 39.9 Å². The highest BCUT2D eigenvalue weighted by Gasteiger charge is 2.46. The van der Waals surface area contributed by atoms with Crippen molar-refractivity contribution < 1.29 is 49.4 Å². The third kappa shape index (κ3) is 8.81. The number of hydrogen-bond donors (Lipinski definition) is 5. The summed E-state index contributed by atoms with van der Waals surface area (Å²) < 4.78 is 11.9. The molecular weight excluding hydrogens is 725 g/mol. The first-order chi connectivity index (χ1) is 27.3. The Morgan fingerprint density at radius 3 is 2.44 bits per heavy atom. The summed E-state index contributed by atoms with van der Waals surface area (Å²) in [4.78, 5) is 40.8. The van der Waals surface area contributed by atoms with Crippen molar-refractivity contribution in [1.82, 2.24) is 0 Å². The zero-order valence-electron chi connectivity index (χ0n) is 32.6. The number of ether oxygens (including phenoxy) is 2. The zero-order valence-corrected chi connectivity index (χ0v) is 32.6. The number of aliphatic hydroxyl groups is 3. The Balaban J connectivity index is 1.41. The Morgan fingerprint density at radius 1 is 0.895 bits per heavy atom. The standard InChI is InChI=1S/C47H52O10/c1-3-4-5-9-38-35(26-48)18-31(22-42(38)52)29-10-11-30-24-45(53)56-43-25-41(51)33(21-39(30)43)23-44-47(2,55)36-12-13-40(50)32(19-36)15-27-7-6-8-28(14-27)16-37(49)20-34(17-29)46(54)57-44/h6-8,14,18,20-22,25,29-30,32,36-37,44,48-49,51-52,55H,3-5,9,12-13,15-17,19,23-24,26H2,1-2H3. The molecule has 7 atom stereocenters. The SMILES string of the molecule is CCCCCc1c(O)cc(C2C#CC3CC(=O)Oc4cc(O)c(cc43)CC3OC(=O)C(=CC(O)Cc4cccc(c4)CC4CC(CCC4=O)C3(C)O)C2)cc1CO. The number of aliphatic hydroxyl groups excluding tert-OH is 2. The first-order valence-corrected chi connectivity index (χ1v) is 20.3. The number of hydrogen-bond acceptors (Lipinski definition) is 10. The molecule has 8 bridgehead atoms. The van der Waals surface area contributed by atoms with Gasteiger partial charge in [-0.3, -0.25) is 9.59 Å². The lowest BCUT2D eigenvalue weighted by Gasteiger charge is -2.42. The topological polar surface area (TPSA) is 171 Å². The van der Waals surface area contributed by atoms with Crippen LogP contribution in [0.2, 0.25) is 0 Å². The number of phenolic OH excluding ortho intramolecular Hbond substituents is 2. The Hall–Kier alpha value is -4.95. The van der Waals surface area contributed by atoms with Gasteiger partial charge in [0.2, 0.25) is 0 Å². The molecule has 10 nitrogen and oxygen atoms in total. The largest absolute Gasteiger partial charge is 0.508 e. The molecule has 3 aromatic carbocycles. The van der Waals surface area contributed by atoms with Crippen LogP contribution in [0.1, 0.15) is 116 Å². The number of carbonyl (C=O) groups excluding carboxylic acids is 3. The summed E-state index contributed by atoms with van der Waals surface area (Å²) in [5.74, 6) is 3.02. The van der Waals surface area contributed by atoms with Gasteiger partial charge in [-0.2, -0.15) is 0 Å². The monoisotopic (exact) mass is 776 g/mol. The number of Topliss-reactive ketones (excluding diaryl/α,β-unsaturated/α-hetero) is 1. The molecule has 0 aromatic heterocycles. The van der Waals surface area contributed by atoms with Crippen LogP contribution in [0.15, 0.2) is 60.2 Å². The first-order valence-electron chi connectivity index (χ1n) is 20.3. The van der Waals surface area contributed by atoms with Crippen LogP contribution in [0.25, 0.3) is 0 Å². The van der Waals surface area contributed by atoms with Gasteiger partial charge in [-0.15, -0.1) is 0 Å². The number of aromatic hydroxyl groups is 2. The molecule has 1 fully saturated rings. The number of benzene rings is 3. The fraction of sp³-hybridized carbons (Fsp3) is 0.468. The van der Waals surface area contributed by atoms with Crippen LogP contribution in [-0.4, -0.2) is 61.1 Å². The fourth-order valence-electron chi connectivity index (χ4n) is 9.12. The normalized spacial score (nSPS) is 27.5. The molecule has 1 aliphatic carbocycles. The Bertz CT molecular complexity index is 2140. The second kappa shape index (κ2) is 16.9. The third-order valence-electron chi connectivity index (χ3n) is 12.5. The molecule has 10 heteroatoms. The second-order valence-electron chi connectivity index (χ2n) is 16.5. The lowest BCUT2D eigenvalue weighted by molar-refractivity contribution is -0.170. The van der Waals surface area contributed by atoms with Crippen molar-refractivity contribution >= 4 is 17.7 Å². The summed E-state index contributed by atoms with van der Waals surface area (Å²) in [7, 11) is 0. The lowest BCUT2D eigenvalue weighted by atomic mass is 9.68. The van der Waals surface area contributed by atoms with Gasteiger partial charge < -0.3 is 35.0 Å². The van der Waals surface area contributed by atoms with E-state index in [2.05, 4.69) is 18.8 Å². The minimum atomic E-state index is -1.67. The van der Waals surface area contributed by atoms with Crippen molar-refractivity contribution in [2.24, 2.45) is 11.8 Å². The summed E-state index contributed by atoms with van der Waals surface area (Å²) in [5, 5.41) is 57.3. The highest BCUT2D eigenvalue weighted by atomic mass is 16.6. The second-order valence-corrected chi connectivity index (χ2v) is 16.5. The summed E-state index contributed by atoms with van der Waals surface area (Å²) >= 11 is 0. The quantitative estimate of drug-likeness (QED) is 0.0843. The number of phenols is 2. The van der Waals surface area contributed by atoms with Gasteiger partial charge >= 0.3 is 11.9 Å². The average Bonchev–Trinajstić information content (AvgIpc) is 3.17. The Morgan fingerprint density at radius 2 is 1.67 bits per heavy atom. The molecule has 0 saturated heterocycles. The lowest BCUT2D eigenvalue weighted by Crippen LogP contribution is -2.52. The van der Waals surface area contributed by atoms with Gasteiger partial charge in [0.1, 0.15) is 34.7 Å². The van der Waals surface area contributed by atoms with Gasteiger partial charge in [-0.05, 0) is 103 Å². The number of ketones is 1. The maximum Gasteiger partial charge on any atom is 0.334 e. The minimum absolute atomic E-state index is 0.00278. The fourth-order valence-corrected chi connectivity index (χ4v) is 9.12. The maximum atomic E-state index is 14.6. The molecule has 3 heterocycles. The highest BCUT2D eigenvalue weighted by molar-refractivity contribution is 5.89. The predicted molar refractivity (Wildman–Crippen MR) is 211 cm³/mol. The summed E-state index contributed by atoms with van der Waals surface area (Å²) in [6.45, 7) is 3.38. The van der Waals surface area contributed by atoms with Crippen LogP contribution in [0, 0.1) is 23.7 Å². The van der Waals surface area contributed by atoms with E-state index < -0.39 is 47.5 Å². The summed E-state index contributed by atoms with van der Waals surface area (Å²) in [5.41, 5.74) is 2.79. The van der Waals surface area contributed by atoms with E-state index >= 15 is 0 Å². The summed E-state index contributed by atoms with van der Waals surface area (Å²) in [6.07, 6.45) is 3.83. The molecule has 4 aliphatic rings. The molecular formula is C47H52O10. The molecule has 7 rings (SSSR count). The van der Waals surface area contributed by atoms with E-state index in [1.807, 2.05) is 24.3 Å². The number of carbonyl (C=O) groups is 3. The molecule has 3 aliphatic heterocycles. The van der Waals surface area contributed by atoms with Crippen molar-refractivity contribution in [1.29, 1.82) is 0 Å². The van der Waals surface area contributed by atoms with E-state index in [0.29, 0.717) is 53.5 Å². The molecule has 0 radical (unpaired) electrons. The maximum absolute atomic E-state index is 14.6. The van der Waals surface area contributed by atoms with Gasteiger partial charge in [0, 0.05) is 48.3 Å². The smallest absolute Gasteiger partial charge is 0.334 e. The Kier molecular flexibility index (Phi) is 11.9. The van der Waals surface area contributed by atoms with Crippen molar-refractivity contribution in [3.05, 3.63) is 99.1 Å². The van der Waals surface area contributed by atoms with Crippen LogP contribution in [-0.2, 0) is 51.4 Å². The van der Waals surface area contributed by atoms with Crippen LogP contribution < -0.4 is 4.74 Å². The first kappa shape index (κ1) is 40.3. The molecule has 0 spiro atoms. The number of esters is 2. The van der Waals surface area contributed by atoms with Crippen LogP contribution >= 0.6 is 0 Å². The number of fused-ring (bicyclic) bond motifs is 8. The van der Waals surface area contributed by atoms with Crippen LogP contribution in [0.3, 0.4) is 0 Å². The third-order valence-corrected chi connectivity index (χ3v) is 12.5. The molecule has 57 heavy (non-hydrogen) atoms. The van der Waals surface area contributed by atoms with E-state index in [-0.39, 0.29) is 73.2 Å². The van der Waals surface area contributed by atoms with Crippen molar-refractivity contribution in [2.75, 3.05) is 0 Å². The minimum Gasteiger partial charge on any atom is -0.508 e. The molecule has 7 unspecified atom stereocenters. The molecule has 300 valence electrons. The van der Waals surface area contributed by atoms with Crippen molar-refractivity contribution in [3.63, 3.8) is 0 Å². The zero-order chi connectivity index (χ0) is 40.4. The Labute approximate surface area is 333 Å². The van der Waals surface area contributed by atoms with Crippen LogP contribution in [0.4, 0.5) is 0 Å². The van der Waals surface area contributed by atoms with Gasteiger partial charge in [-0.1, -0.05) is 61.9 Å². The van der Waals surface area contributed by atoms with Gasteiger partial charge in [0.15, 0.2) is 0 Å². The highest BCUT2D eigenvalue weighted by Crippen LogP contribution is 2.44. The van der Waals surface area contributed by atoms with E-state index in [4.69, 9.17) is 9.47 Å². The van der Waals surface area contributed by atoms with Crippen molar-refractivity contribution in [2.45, 2.75) is 127 Å². The van der Waals surface area contributed by atoms with Gasteiger partial charge in [0.25, 0.3) is 0 Å². The molecule has 1 saturated carbocycles. The predicted octanol–water partition coefficient (Wildman–Crippen LogP) is 6.18. The van der Waals surface area contributed by atoms with Gasteiger partial charge in [0.05, 0.1) is 25.0 Å². The molecule has 3 aromatic rings. The van der Waals surface area contributed by atoms with E-state index in [1.165, 1.54) is 12.1 Å². The summed E-state index contributed by atoms with van der Waals surface area (Å²) in [6, 6.07) is 14.1. The van der Waals surface area contributed by atoms with Crippen molar-refractivity contribution in [3.8, 4) is 29.1 Å². The number of rotatable bonds is 6.